The van der Waals surface area contributed by atoms with Gasteiger partial charge in [0.1, 0.15) is 19.3 Å². The van der Waals surface area contributed by atoms with Gasteiger partial charge in [0.15, 0.2) is 12.2 Å². The second kappa shape index (κ2) is 57.9. The van der Waals surface area contributed by atoms with E-state index in [1.54, 1.807) is 0 Å². The van der Waals surface area contributed by atoms with Gasteiger partial charge in [0.05, 0.1) is 26.4 Å². The van der Waals surface area contributed by atoms with Crippen molar-refractivity contribution in [2.75, 3.05) is 39.6 Å². The van der Waals surface area contributed by atoms with Gasteiger partial charge in [-0.2, -0.15) is 0 Å². The molecule has 3 N–H and O–H groups in total. The first-order chi connectivity index (χ1) is 41.6. The number of carbonyl (C=O) groups is 4. The number of esters is 4. The predicted molar refractivity (Wildman–Crippen MR) is 349 cm³/mol. The molecule has 5 atom stereocenters. The molecular weight excluding hydrogens is 1150 g/mol. The number of hydrogen-bond acceptors (Lipinski definition) is 15. The molecule has 0 spiro atoms. The van der Waals surface area contributed by atoms with E-state index in [4.69, 9.17) is 37.0 Å². The molecule has 17 nitrogen and oxygen atoms in total. The molecule has 516 valence electrons. The molecule has 19 heteroatoms. The SMILES string of the molecule is CC(C)CCCCCCCCCCCCCCCCCCC(=O)O[C@H](COC(=O)CCCCCCCCCC(C)C)COP(=O)(O)OCC(O)COP(=O)(O)OC[C@@H](COC(=O)CCCCCCCCC(C)C)OC(=O)CCCCCCCCC(C)C. The van der Waals surface area contributed by atoms with Crippen LogP contribution in [0.1, 0.15) is 331 Å². The molecule has 0 bridgehead atoms. The highest BCUT2D eigenvalue weighted by molar-refractivity contribution is 7.47. The van der Waals surface area contributed by atoms with Crippen LogP contribution in [0, 0.1) is 23.7 Å². The minimum absolute atomic E-state index is 0.100. The van der Waals surface area contributed by atoms with Crippen LogP contribution in [0.25, 0.3) is 0 Å². The lowest BCUT2D eigenvalue weighted by Gasteiger charge is -2.21. The van der Waals surface area contributed by atoms with Gasteiger partial charge in [0.25, 0.3) is 0 Å². The van der Waals surface area contributed by atoms with E-state index in [-0.39, 0.29) is 25.7 Å². The first kappa shape index (κ1) is 85.1. The first-order valence-corrected chi connectivity index (χ1v) is 38.2. The molecule has 0 saturated heterocycles. The van der Waals surface area contributed by atoms with Crippen LogP contribution in [-0.4, -0.2) is 96.7 Å². The summed E-state index contributed by atoms with van der Waals surface area (Å²) < 4.78 is 68.1. The van der Waals surface area contributed by atoms with Crippen molar-refractivity contribution in [2.24, 2.45) is 23.7 Å². The van der Waals surface area contributed by atoms with Crippen molar-refractivity contribution < 1.29 is 80.2 Å². The van der Waals surface area contributed by atoms with Crippen LogP contribution >= 0.6 is 15.6 Å². The molecule has 0 aliphatic rings. The summed E-state index contributed by atoms with van der Waals surface area (Å²) in [5.41, 5.74) is 0. The molecule has 87 heavy (non-hydrogen) atoms. The van der Waals surface area contributed by atoms with Crippen molar-refractivity contribution in [1.29, 1.82) is 0 Å². The third-order valence-electron chi connectivity index (χ3n) is 15.6. The van der Waals surface area contributed by atoms with Crippen molar-refractivity contribution in [3.63, 3.8) is 0 Å². The number of phosphoric ester groups is 2. The largest absolute Gasteiger partial charge is 0.472 e. The number of carbonyl (C=O) groups excluding carboxylic acids is 4. The Morgan fingerprint density at radius 1 is 0.287 bits per heavy atom. The Kier molecular flexibility index (Phi) is 56.6. The van der Waals surface area contributed by atoms with E-state index in [9.17, 15) is 43.2 Å². The van der Waals surface area contributed by atoms with E-state index in [2.05, 4.69) is 55.4 Å². The lowest BCUT2D eigenvalue weighted by molar-refractivity contribution is -0.161. The van der Waals surface area contributed by atoms with Gasteiger partial charge in [-0.15, -0.1) is 0 Å². The summed E-state index contributed by atoms with van der Waals surface area (Å²) in [6.07, 6.45) is 39.5. The minimum Gasteiger partial charge on any atom is -0.462 e. The molecule has 0 aliphatic carbocycles. The van der Waals surface area contributed by atoms with Gasteiger partial charge in [-0.05, 0) is 49.4 Å². The van der Waals surface area contributed by atoms with Crippen molar-refractivity contribution in [3.8, 4) is 0 Å². The second-order valence-corrected chi connectivity index (χ2v) is 29.4. The van der Waals surface area contributed by atoms with E-state index < -0.39 is 97.5 Å². The normalized spacial score (nSPS) is 14.3. The number of unbranched alkanes of at least 4 members (excludes halogenated alkanes) is 31. The Labute approximate surface area is 530 Å². The Balaban J connectivity index is 5.17. The molecule has 0 aliphatic heterocycles. The Morgan fingerprint density at radius 2 is 0.483 bits per heavy atom. The van der Waals surface area contributed by atoms with E-state index in [1.807, 2.05) is 0 Å². The van der Waals surface area contributed by atoms with Crippen LogP contribution in [0.2, 0.25) is 0 Å². The number of aliphatic hydroxyl groups excluding tert-OH is 1. The average Bonchev–Trinajstić information content (AvgIpc) is 3.64. The Morgan fingerprint density at radius 3 is 0.713 bits per heavy atom. The Hall–Kier alpha value is -1.94. The van der Waals surface area contributed by atoms with Crippen LogP contribution in [0.5, 0.6) is 0 Å². The van der Waals surface area contributed by atoms with Crippen molar-refractivity contribution in [2.45, 2.75) is 350 Å². The molecule has 0 aromatic heterocycles. The quantitative estimate of drug-likeness (QED) is 0.0222. The van der Waals surface area contributed by atoms with Gasteiger partial charge in [-0.3, -0.25) is 37.3 Å². The van der Waals surface area contributed by atoms with E-state index in [1.165, 1.54) is 122 Å². The summed E-state index contributed by atoms with van der Waals surface area (Å²) in [5, 5.41) is 10.5. The summed E-state index contributed by atoms with van der Waals surface area (Å²) in [6.45, 7) is 13.9. The third-order valence-corrected chi connectivity index (χ3v) is 17.5. The highest BCUT2D eigenvalue weighted by Gasteiger charge is 2.30. The van der Waals surface area contributed by atoms with Crippen molar-refractivity contribution in [1.82, 2.24) is 0 Å². The van der Waals surface area contributed by atoms with Gasteiger partial charge in [0.2, 0.25) is 0 Å². The standard InChI is InChI=1S/C68H132O17P2/c1-58(2)44-36-28-20-17-15-13-11-9-10-12-14-16-18-22-34-42-50-67(72)84-63(54-78-65(70)48-40-32-23-19-21-29-37-45-59(3)4)56-82-86(74,75)80-52-62(69)53-81-87(76,77)83-57-64(85-68(73)51-43-35-27-25-31-39-47-61(7)8)55-79-66(71)49-41-33-26-24-30-38-46-60(5)6/h58-64,69H,9-57H2,1-8H3,(H,74,75)(H,76,77)/t62?,63-,64-/m1/s1. The zero-order chi connectivity index (χ0) is 64.7. The number of ether oxygens (including phenoxy) is 4. The zero-order valence-corrected chi connectivity index (χ0v) is 58.4. The first-order valence-electron chi connectivity index (χ1n) is 35.2. The number of phosphoric acid groups is 2. The molecule has 0 saturated carbocycles. The molecular formula is C68H132O17P2. The maximum Gasteiger partial charge on any atom is 0.472 e. The van der Waals surface area contributed by atoms with Crippen molar-refractivity contribution in [3.05, 3.63) is 0 Å². The Bertz CT molecular complexity index is 1730. The number of hydrogen-bond donors (Lipinski definition) is 3. The van der Waals surface area contributed by atoms with E-state index in [0.717, 1.165) is 109 Å². The van der Waals surface area contributed by atoms with Crippen LogP contribution in [0.15, 0.2) is 0 Å². The number of aliphatic hydroxyl groups is 1. The molecule has 3 unspecified atom stereocenters. The van der Waals surface area contributed by atoms with E-state index >= 15 is 0 Å². The van der Waals surface area contributed by atoms with Crippen molar-refractivity contribution >= 4 is 39.5 Å². The summed E-state index contributed by atoms with van der Waals surface area (Å²) in [7, 11) is -9.89. The van der Waals surface area contributed by atoms with Gasteiger partial charge in [-0.25, -0.2) is 9.13 Å². The van der Waals surface area contributed by atoms with Gasteiger partial charge in [-0.1, -0.05) is 280 Å². The molecule has 0 heterocycles. The maximum absolute atomic E-state index is 13.0. The fourth-order valence-electron chi connectivity index (χ4n) is 10.1. The summed E-state index contributed by atoms with van der Waals surface area (Å²) >= 11 is 0. The minimum atomic E-state index is -4.95. The summed E-state index contributed by atoms with van der Waals surface area (Å²) in [4.78, 5) is 72.3. The van der Waals surface area contributed by atoms with Crippen LogP contribution < -0.4 is 0 Å². The lowest BCUT2D eigenvalue weighted by Crippen LogP contribution is -2.30. The molecule has 0 fully saturated rings. The van der Waals surface area contributed by atoms with Crippen LogP contribution in [0.4, 0.5) is 0 Å². The smallest absolute Gasteiger partial charge is 0.462 e. The van der Waals surface area contributed by atoms with E-state index in [0.29, 0.717) is 43.4 Å². The van der Waals surface area contributed by atoms with Gasteiger partial charge < -0.3 is 33.8 Å². The van der Waals surface area contributed by atoms with Crippen LogP contribution in [-0.2, 0) is 65.4 Å². The fraction of sp³-hybridized carbons (Fsp3) is 0.941. The molecule has 0 aromatic carbocycles. The monoisotopic (exact) mass is 1280 g/mol. The highest BCUT2D eigenvalue weighted by atomic mass is 31.2. The zero-order valence-electron chi connectivity index (χ0n) is 56.6. The van der Waals surface area contributed by atoms with Gasteiger partial charge in [0, 0.05) is 25.7 Å². The third kappa shape index (κ3) is 62.6. The summed E-state index contributed by atoms with van der Waals surface area (Å²) in [6, 6.07) is 0. The molecule has 0 radical (unpaired) electrons. The second-order valence-electron chi connectivity index (χ2n) is 26.5. The lowest BCUT2D eigenvalue weighted by atomic mass is 10.0. The molecule has 0 rings (SSSR count). The number of rotatable bonds is 65. The van der Waals surface area contributed by atoms with Gasteiger partial charge >= 0.3 is 39.5 Å². The topological polar surface area (TPSA) is 237 Å². The predicted octanol–water partition coefficient (Wildman–Crippen LogP) is 18.9. The maximum atomic E-state index is 13.0. The highest BCUT2D eigenvalue weighted by Crippen LogP contribution is 2.45. The van der Waals surface area contributed by atoms with Crippen LogP contribution in [0.3, 0.4) is 0 Å². The molecule has 0 aromatic rings. The fourth-order valence-corrected chi connectivity index (χ4v) is 11.7. The molecule has 0 amide bonds. The summed E-state index contributed by atoms with van der Waals surface area (Å²) in [5.74, 6) is 0.723. The average molecular weight is 1280 g/mol.